The van der Waals surface area contributed by atoms with Crippen LogP contribution in [0.15, 0.2) is 15.0 Å². The number of aromatic nitrogens is 2. The summed E-state index contributed by atoms with van der Waals surface area (Å²) in [6.45, 7) is 5.19. The molecule has 0 aromatic carbocycles. The second-order valence-electron chi connectivity index (χ2n) is 5.31. The average molecular weight is 431 g/mol. The van der Waals surface area contributed by atoms with Crippen LogP contribution in [0.1, 0.15) is 42.7 Å². The van der Waals surface area contributed by atoms with E-state index in [1.165, 1.54) is 17.7 Å². The summed E-state index contributed by atoms with van der Waals surface area (Å²) < 4.78 is 2.17. The summed E-state index contributed by atoms with van der Waals surface area (Å²) >= 11 is 8.99. The van der Waals surface area contributed by atoms with Gasteiger partial charge in [-0.3, -0.25) is 0 Å². The highest BCUT2D eigenvalue weighted by atomic mass is 79.9. The number of hydrogen-bond acceptors (Lipinski definition) is 4. The highest BCUT2D eigenvalue weighted by Crippen LogP contribution is 2.45. The summed E-state index contributed by atoms with van der Waals surface area (Å²) in [6, 6.07) is 2.11. The molecular formula is C15H17Br2N3S. The Labute approximate surface area is 145 Å². The van der Waals surface area contributed by atoms with Gasteiger partial charge >= 0.3 is 0 Å². The second kappa shape index (κ2) is 6.34. The molecule has 0 amide bonds. The minimum absolute atomic E-state index is 0.591. The largest absolute Gasteiger partial charge is 0.369 e. The van der Waals surface area contributed by atoms with Gasteiger partial charge in [0, 0.05) is 21.8 Å². The Morgan fingerprint density at radius 3 is 2.67 bits per heavy atom. The molecule has 0 spiro atoms. The van der Waals surface area contributed by atoms with Crippen LogP contribution in [0.4, 0.5) is 5.82 Å². The van der Waals surface area contributed by atoms with Crippen LogP contribution in [0.25, 0.3) is 10.7 Å². The number of thiophene rings is 1. The molecule has 0 unspecified atom stereocenters. The van der Waals surface area contributed by atoms with Gasteiger partial charge in [0.1, 0.15) is 5.82 Å². The first-order valence-electron chi connectivity index (χ1n) is 7.17. The van der Waals surface area contributed by atoms with E-state index < -0.39 is 0 Å². The number of halogens is 2. The van der Waals surface area contributed by atoms with Gasteiger partial charge in [-0.15, -0.1) is 11.3 Å². The molecule has 2 aromatic rings. The lowest BCUT2D eigenvalue weighted by atomic mass is 10.2. The Bertz CT molecular complexity index is 646. The third kappa shape index (κ3) is 3.32. The smallest absolute Gasteiger partial charge is 0.171 e. The summed E-state index contributed by atoms with van der Waals surface area (Å²) in [5, 5.41) is 3.41. The Balaban J connectivity index is 2.05. The maximum absolute atomic E-state index is 4.82. The number of nitrogens with one attached hydrogen (secondary N) is 1. The SMILES string of the molecule is CCCNc1nc(-c2cc(Br)c(C)s2)nc(C2CC2)c1Br. The zero-order valence-electron chi connectivity index (χ0n) is 12.0. The van der Waals surface area contributed by atoms with Crippen molar-refractivity contribution in [1.29, 1.82) is 0 Å². The normalized spacial score (nSPS) is 14.5. The van der Waals surface area contributed by atoms with Gasteiger partial charge in [0.25, 0.3) is 0 Å². The van der Waals surface area contributed by atoms with Crippen molar-refractivity contribution in [2.24, 2.45) is 0 Å². The summed E-state index contributed by atoms with van der Waals surface area (Å²) in [6.07, 6.45) is 3.54. The summed E-state index contributed by atoms with van der Waals surface area (Å²) in [7, 11) is 0. The molecule has 0 saturated heterocycles. The molecule has 0 bridgehead atoms. The molecule has 1 N–H and O–H groups in total. The molecule has 2 aromatic heterocycles. The van der Waals surface area contributed by atoms with Gasteiger partial charge in [0.05, 0.1) is 15.0 Å². The molecule has 0 aliphatic heterocycles. The monoisotopic (exact) mass is 429 g/mol. The quantitative estimate of drug-likeness (QED) is 0.657. The standard InChI is InChI=1S/C15H17Br2N3S/c1-3-6-18-15-12(17)13(9-4-5-9)19-14(20-15)11-7-10(16)8(2)21-11/h7,9H,3-6H2,1-2H3,(H,18,19,20). The van der Waals surface area contributed by atoms with E-state index in [0.29, 0.717) is 5.92 Å². The zero-order chi connectivity index (χ0) is 15.0. The Kier molecular flexibility index (Phi) is 4.66. The predicted molar refractivity (Wildman–Crippen MR) is 96.2 cm³/mol. The highest BCUT2D eigenvalue weighted by molar-refractivity contribution is 9.11. The predicted octanol–water partition coefficient (Wildman–Crippen LogP) is 5.74. The molecule has 1 aliphatic rings. The van der Waals surface area contributed by atoms with Crippen LogP contribution >= 0.6 is 43.2 Å². The van der Waals surface area contributed by atoms with Crippen molar-refractivity contribution in [3.63, 3.8) is 0 Å². The van der Waals surface area contributed by atoms with Crippen LogP contribution in [0.2, 0.25) is 0 Å². The van der Waals surface area contributed by atoms with E-state index in [1.807, 2.05) is 0 Å². The van der Waals surface area contributed by atoms with Crippen molar-refractivity contribution in [2.45, 2.75) is 39.0 Å². The Morgan fingerprint density at radius 1 is 1.33 bits per heavy atom. The minimum atomic E-state index is 0.591. The fourth-order valence-corrected chi connectivity index (χ4v) is 4.24. The van der Waals surface area contributed by atoms with E-state index in [0.717, 1.165) is 44.1 Å². The molecule has 0 radical (unpaired) electrons. The Hall–Kier alpha value is -0.460. The maximum atomic E-state index is 4.82. The summed E-state index contributed by atoms with van der Waals surface area (Å²) in [4.78, 5) is 11.9. The van der Waals surface area contributed by atoms with Gasteiger partial charge in [-0.2, -0.15) is 0 Å². The third-order valence-electron chi connectivity index (χ3n) is 3.46. The molecule has 1 fully saturated rings. The van der Waals surface area contributed by atoms with Crippen molar-refractivity contribution in [3.8, 4) is 10.7 Å². The molecule has 1 aliphatic carbocycles. The second-order valence-corrected chi connectivity index (χ2v) is 8.21. The molecule has 6 heteroatoms. The summed E-state index contributed by atoms with van der Waals surface area (Å²) in [5.74, 6) is 2.34. The number of aryl methyl sites for hydroxylation is 1. The van der Waals surface area contributed by atoms with Crippen LogP contribution in [0.3, 0.4) is 0 Å². The molecule has 0 atom stereocenters. The van der Waals surface area contributed by atoms with Gasteiger partial charge in [-0.25, -0.2) is 9.97 Å². The van der Waals surface area contributed by atoms with Crippen LogP contribution in [0.5, 0.6) is 0 Å². The lowest BCUT2D eigenvalue weighted by molar-refractivity contribution is 0.941. The van der Waals surface area contributed by atoms with Crippen LogP contribution in [-0.4, -0.2) is 16.5 Å². The number of nitrogens with zero attached hydrogens (tertiary/aromatic N) is 2. The van der Waals surface area contributed by atoms with Gasteiger partial charge in [0.2, 0.25) is 0 Å². The number of rotatable bonds is 5. The van der Waals surface area contributed by atoms with E-state index in [2.05, 4.69) is 57.1 Å². The van der Waals surface area contributed by atoms with Crippen molar-refractivity contribution >= 4 is 49.0 Å². The van der Waals surface area contributed by atoms with Crippen LogP contribution in [0, 0.1) is 6.92 Å². The van der Waals surface area contributed by atoms with Crippen molar-refractivity contribution in [1.82, 2.24) is 9.97 Å². The van der Waals surface area contributed by atoms with Crippen molar-refractivity contribution < 1.29 is 0 Å². The number of anilines is 1. The highest BCUT2D eigenvalue weighted by Gasteiger charge is 2.29. The van der Waals surface area contributed by atoms with Crippen LogP contribution in [-0.2, 0) is 0 Å². The van der Waals surface area contributed by atoms with Crippen molar-refractivity contribution in [2.75, 3.05) is 11.9 Å². The first kappa shape index (κ1) is 15.4. The molecule has 21 heavy (non-hydrogen) atoms. The third-order valence-corrected chi connectivity index (χ3v) is 6.38. The molecule has 3 rings (SSSR count). The molecular weight excluding hydrogens is 414 g/mol. The lowest BCUT2D eigenvalue weighted by Crippen LogP contribution is -2.06. The van der Waals surface area contributed by atoms with E-state index in [-0.39, 0.29) is 0 Å². The van der Waals surface area contributed by atoms with Gasteiger partial charge < -0.3 is 5.32 Å². The molecule has 3 nitrogen and oxygen atoms in total. The molecule has 1 saturated carbocycles. The van der Waals surface area contributed by atoms with E-state index in [4.69, 9.17) is 9.97 Å². The lowest BCUT2D eigenvalue weighted by Gasteiger charge is -2.11. The van der Waals surface area contributed by atoms with Gasteiger partial charge in [-0.05, 0) is 64.1 Å². The van der Waals surface area contributed by atoms with E-state index >= 15 is 0 Å². The molecule has 2 heterocycles. The Morgan fingerprint density at radius 2 is 2.10 bits per heavy atom. The van der Waals surface area contributed by atoms with Crippen molar-refractivity contribution in [3.05, 3.63) is 25.6 Å². The fraction of sp³-hybridized carbons (Fsp3) is 0.467. The first-order chi connectivity index (χ1) is 10.1. The average Bonchev–Trinajstić information content (AvgIpc) is 3.24. The fourth-order valence-electron chi connectivity index (χ4n) is 2.13. The van der Waals surface area contributed by atoms with E-state index in [1.54, 1.807) is 11.3 Å². The zero-order valence-corrected chi connectivity index (χ0v) is 16.0. The first-order valence-corrected chi connectivity index (χ1v) is 9.58. The molecule has 112 valence electrons. The minimum Gasteiger partial charge on any atom is -0.369 e. The summed E-state index contributed by atoms with van der Waals surface area (Å²) in [5.41, 5.74) is 1.15. The van der Waals surface area contributed by atoms with Gasteiger partial charge in [0.15, 0.2) is 5.82 Å². The maximum Gasteiger partial charge on any atom is 0.171 e. The topological polar surface area (TPSA) is 37.8 Å². The van der Waals surface area contributed by atoms with Crippen LogP contribution < -0.4 is 5.32 Å². The van der Waals surface area contributed by atoms with E-state index in [9.17, 15) is 0 Å². The number of hydrogen-bond donors (Lipinski definition) is 1. The van der Waals surface area contributed by atoms with Gasteiger partial charge in [-0.1, -0.05) is 6.92 Å².